The first kappa shape index (κ1) is 24.7. The zero-order chi connectivity index (χ0) is 24.9. The van der Waals surface area contributed by atoms with Crippen LogP contribution in [0.3, 0.4) is 0 Å². The Morgan fingerprint density at radius 1 is 1.03 bits per heavy atom. The Balaban J connectivity index is 1.70. The number of benzene rings is 3. The maximum Gasteiger partial charge on any atom is 0.295 e. The second kappa shape index (κ2) is 10.9. The Kier molecular flexibility index (Phi) is 7.68. The van der Waals surface area contributed by atoms with Gasteiger partial charge in [0.1, 0.15) is 18.1 Å². The number of likely N-dealkylation sites (tertiary alicyclic amines) is 1. The Hall–Kier alpha value is -3.42. The van der Waals surface area contributed by atoms with E-state index in [0.29, 0.717) is 17.9 Å². The van der Waals surface area contributed by atoms with Gasteiger partial charge in [-0.15, -0.1) is 0 Å². The van der Waals surface area contributed by atoms with Crippen LogP contribution in [0.1, 0.15) is 28.3 Å². The molecule has 4 rings (SSSR count). The molecule has 1 fully saturated rings. The quantitative estimate of drug-likeness (QED) is 0.237. The summed E-state index contributed by atoms with van der Waals surface area (Å²) in [6.07, 6.45) is 0. The number of aliphatic hydroxyl groups excluding tert-OH is 1. The fraction of sp³-hybridized carbons (Fsp3) is 0.214. The van der Waals surface area contributed by atoms with Crippen LogP contribution in [0.25, 0.3) is 5.76 Å². The fourth-order valence-electron chi connectivity index (χ4n) is 4.17. The maximum atomic E-state index is 13.1. The number of aryl methyl sites for hydroxylation is 1. The minimum atomic E-state index is -0.716. The van der Waals surface area contributed by atoms with Crippen LogP contribution >= 0.6 is 15.9 Å². The van der Waals surface area contributed by atoms with Gasteiger partial charge in [0, 0.05) is 23.7 Å². The summed E-state index contributed by atoms with van der Waals surface area (Å²) in [5.74, 6) is -0.927. The average molecular weight is 536 g/mol. The van der Waals surface area contributed by atoms with Gasteiger partial charge >= 0.3 is 0 Å². The van der Waals surface area contributed by atoms with Gasteiger partial charge in [-0.25, -0.2) is 0 Å². The smallest absolute Gasteiger partial charge is 0.295 e. The van der Waals surface area contributed by atoms with Crippen LogP contribution < -0.4 is 4.74 Å². The lowest BCUT2D eigenvalue weighted by Gasteiger charge is -2.25. The van der Waals surface area contributed by atoms with Crippen molar-refractivity contribution in [2.75, 3.05) is 20.3 Å². The Morgan fingerprint density at radius 3 is 2.40 bits per heavy atom. The number of aliphatic hydroxyl groups is 1. The van der Waals surface area contributed by atoms with Crippen molar-refractivity contribution in [2.24, 2.45) is 0 Å². The van der Waals surface area contributed by atoms with E-state index in [1.807, 2.05) is 67.6 Å². The Labute approximate surface area is 212 Å². The third-order valence-electron chi connectivity index (χ3n) is 5.96. The van der Waals surface area contributed by atoms with Crippen molar-refractivity contribution in [1.29, 1.82) is 0 Å². The van der Waals surface area contributed by atoms with E-state index >= 15 is 0 Å². The molecule has 1 saturated heterocycles. The number of carbonyl (C=O) groups excluding carboxylic acids is 2. The molecule has 3 aromatic rings. The first-order valence-electron chi connectivity index (χ1n) is 11.2. The monoisotopic (exact) mass is 535 g/mol. The molecule has 35 heavy (non-hydrogen) atoms. The SMILES string of the molecule is COCCN1C(=O)C(=O)C(=C(O)c2ccc(OCc3ccccc3)cc2C)C1c1ccc(Br)cc1. The molecule has 6 nitrogen and oxygen atoms in total. The van der Waals surface area contributed by atoms with Gasteiger partial charge in [0.15, 0.2) is 0 Å². The van der Waals surface area contributed by atoms with Crippen LogP contribution in [-0.2, 0) is 20.9 Å². The molecule has 0 spiro atoms. The van der Waals surface area contributed by atoms with Gasteiger partial charge in [-0.3, -0.25) is 9.59 Å². The zero-order valence-electron chi connectivity index (χ0n) is 19.5. The van der Waals surface area contributed by atoms with Gasteiger partial charge in [-0.2, -0.15) is 0 Å². The highest BCUT2D eigenvalue weighted by Crippen LogP contribution is 2.40. The predicted molar refractivity (Wildman–Crippen MR) is 137 cm³/mol. The number of nitrogens with zero attached hydrogens (tertiary/aromatic N) is 1. The molecule has 180 valence electrons. The molecular weight excluding hydrogens is 510 g/mol. The van der Waals surface area contributed by atoms with E-state index in [2.05, 4.69) is 15.9 Å². The molecule has 1 atom stereocenters. The van der Waals surface area contributed by atoms with Crippen LogP contribution in [-0.4, -0.2) is 42.0 Å². The summed E-state index contributed by atoms with van der Waals surface area (Å²) < 4.78 is 11.9. The van der Waals surface area contributed by atoms with E-state index in [0.717, 1.165) is 21.2 Å². The third kappa shape index (κ3) is 5.31. The van der Waals surface area contributed by atoms with Crippen LogP contribution in [0.4, 0.5) is 0 Å². The minimum Gasteiger partial charge on any atom is -0.507 e. The molecule has 0 bridgehead atoms. The summed E-state index contributed by atoms with van der Waals surface area (Å²) in [6.45, 7) is 2.75. The third-order valence-corrected chi connectivity index (χ3v) is 6.49. The van der Waals surface area contributed by atoms with E-state index in [9.17, 15) is 14.7 Å². The predicted octanol–water partition coefficient (Wildman–Crippen LogP) is 5.40. The first-order valence-corrected chi connectivity index (χ1v) is 12.0. The number of halogens is 1. The fourth-order valence-corrected chi connectivity index (χ4v) is 4.43. The van der Waals surface area contributed by atoms with Gasteiger partial charge in [0.2, 0.25) is 0 Å². The highest BCUT2D eigenvalue weighted by atomic mass is 79.9. The molecule has 0 aromatic heterocycles. The summed E-state index contributed by atoms with van der Waals surface area (Å²) >= 11 is 3.42. The Bertz CT molecular complexity index is 1250. The number of ketones is 1. The van der Waals surface area contributed by atoms with Crippen LogP contribution in [0.5, 0.6) is 5.75 Å². The van der Waals surface area contributed by atoms with Crippen molar-refractivity contribution >= 4 is 33.4 Å². The molecule has 1 aliphatic rings. The van der Waals surface area contributed by atoms with E-state index in [-0.39, 0.29) is 24.5 Å². The molecular formula is C28H26BrNO5. The number of amides is 1. The van der Waals surface area contributed by atoms with E-state index < -0.39 is 17.7 Å². The number of rotatable bonds is 8. The van der Waals surface area contributed by atoms with Crippen molar-refractivity contribution in [3.63, 3.8) is 0 Å². The average Bonchev–Trinajstić information content (AvgIpc) is 3.12. The highest BCUT2D eigenvalue weighted by molar-refractivity contribution is 9.10. The molecule has 1 N–H and O–H groups in total. The van der Waals surface area contributed by atoms with Crippen molar-refractivity contribution in [3.8, 4) is 5.75 Å². The molecule has 1 heterocycles. The molecule has 3 aromatic carbocycles. The summed E-state index contributed by atoms with van der Waals surface area (Å²) in [5.41, 5.74) is 3.04. The second-order valence-electron chi connectivity index (χ2n) is 8.29. The molecule has 1 unspecified atom stereocenters. The number of methoxy groups -OCH3 is 1. The van der Waals surface area contributed by atoms with E-state index in [4.69, 9.17) is 9.47 Å². The molecule has 0 saturated carbocycles. The van der Waals surface area contributed by atoms with Gasteiger partial charge < -0.3 is 19.5 Å². The summed E-state index contributed by atoms with van der Waals surface area (Å²) in [6, 6.07) is 21.7. The molecule has 0 radical (unpaired) electrons. The van der Waals surface area contributed by atoms with Gasteiger partial charge in [-0.1, -0.05) is 58.4 Å². The van der Waals surface area contributed by atoms with E-state index in [1.165, 1.54) is 12.0 Å². The summed E-state index contributed by atoms with van der Waals surface area (Å²) in [4.78, 5) is 27.5. The topological polar surface area (TPSA) is 76.1 Å². The van der Waals surface area contributed by atoms with Crippen LogP contribution in [0.15, 0.2) is 82.8 Å². The molecule has 1 aliphatic heterocycles. The van der Waals surface area contributed by atoms with Gasteiger partial charge in [0.05, 0.1) is 18.2 Å². The molecule has 0 aliphatic carbocycles. The summed E-state index contributed by atoms with van der Waals surface area (Å²) in [7, 11) is 1.54. The molecule has 1 amide bonds. The van der Waals surface area contributed by atoms with Gasteiger partial charge in [0.25, 0.3) is 11.7 Å². The number of ether oxygens (including phenoxy) is 2. The zero-order valence-corrected chi connectivity index (χ0v) is 21.1. The normalized spacial score (nSPS) is 17.1. The van der Waals surface area contributed by atoms with Crippen molar-refractivity contribution in [3.05, 3.63) is 105 Å². The van der Waals surface area contributed by atoms with Crippen molar-refractivity contribution in [1.82, 2.24) is 4.90 Å². The lowest BCUT2D eigenvalue weighted by molar-refractivity contribution is -0.140. The van der Waals surface area contributed by atoms with Crippen LogP contribution in [0.2, 0.25) is 0 Å². The minimum absolute atomic E-state index is 0.0643. The number of hydrogen-bond donors (Lipinski definition) is 1. The van der Waals surface area contributed by atoms with Crippen LogP contribution in [0, 0.1) is 6.92 Å². The lowest BCUT2D eigenvalue weighted by atomic mass is 9.94. The first-order chi connectivity index (χ1) is 16.9. The maximum absolute atomic E-state index is 13.1. The highest BCUT2D eigenvalue weighted by Gasteiger charge is 2.46. The molecule has 7 heteroatoms. The van der Waals surface area contributed by atoms with E-state index in [1.54, 1.807) is 12.1 Å². The Morgan fingerprint density at radius 2 is 1.74 bits per heavy atom. The lowest BCUT2D eigenvalue weighted by Crippen LogP contribution is -2.32. The largest absolute Gasteiger partial charge is 0.507 e. The van der Waals surface area contributed by atoms with Gasteiger partial charge in [-0.05, 0) is 53.9 Å². The number of hydrogen-bond acceptors (Lipinski definition) is 5. The van der Waals surface area contributed by atoms with Crippen molar-refractivity contribution < 1.29 is 24.2 Å². The number of carbonyl (C=O) groups is 2. The second-order valence-corrected chi connectivity index (χ2v) is 9.20. The van der Waals surface area contributed by atoms with Crippen molar-refractivity contribution in [2.45, 2.75) is 19.6 Å². The summed E-state index contributed by atoms with van der Waals surface area (Å²) in [5, 5.41) is 11.3. The standard InChI is InChI=1S/C28H26BrNO5/c1-18-16-22(35-17-19-6-4-3-5-7-19)12-13-23(18)26(31)24-25(20-8-10-21(29)11-9-20)30(14-15-34-2)28(33)27(24)32/h3-13,16,25,31H,14-15,17H2,1-2H3. The number of Topliss-reactive ketones (excluding diaryl/α,β-unsaturated/α-hetero) is 1.